The van der Waals surface area contributed by atoms with Crippen molar-refractivity contribution in [1.82, 2.24) is 5.32 Å². The molecule has 0 radical (unpaired) electrons. The summed E-state index contributed by atoms with van der Waals surface area (Å²) in [5.74, 6) is 1.94. The molecule has 0 aliphatic heterocycles. The summed E-state index contributed by atoms with van der Waals surface area (Å²) in [6, 6.07) is 11.8. The molecule has 0 saturated carbocycles. The molecule has 0 bridgehead atoms. The molecule has 0 saturated heterocycles. The number of nitrogens with zero attached hydrogens (tertiary/aromatic N) is 1. The number of aryl methyl sites for hydroxylation is 1. The largest absolute Gasteiger partial charge is 1.00 e. The fourth-order valence-corrected chi connectivity index (χ4v) is 7.52. The Morgan fingerprint density at radius 2 is 1.09 bits per heavy atom. The number of carbonyl (C=O) groups is 1. The van der Waals surface area contributed by atoms with E-state index in [0.29, 0.717) is 31.1 Å². The molecule has 0 fully saturated rings. The summed E-state index contributed by atoms with van der Waals surface area (Å²) in [6.45, 7) is 8.70. The monoisotopic (exact) mass is 893 g/mol. The van der Waals surface area contributed by atoms with Gasteiger partial charge in [0, 0.05) is 18.2 Å². The van der Waals surface area contributed by atoms with Gasteiger partial charge in [0.05, 0.1) is 13.7 Å². The maximum atomic E-state index is 13.6. The van der Waals surface area contributed by atoms with E-state index in [9.17, 15) is 4.79 Å². The molecule has 1 aromatic heterocycles. The van der Waals surface area contributed by atoms with E-state index in [1.165, 1.54) is 161 Å². The van der Waals surface area contributed by atoms with E-state index in [2.05, 4.69) is 42.9 Å². The molecule has 2 aromatic rings. The van der Waals surface area contributed by atoms with E-state index >= 15 is 0 Å². The van der Waals surface area contributed by atoms with Gasteiger partial charge in [-0.3, -0.25) is 4.79 Å². The number of methoxy groups -OCH3 is 1. The zero-order valence-electron chi connectivity index (χ0n) is 36.7. The van der Waals surface area contributed by atoms with Gasteiger partial charge in [0.1, 0.15) is 18.8 Å². The topological polar surface area (TPSA) is 60.7 Å². The van der Waals surface area contributed by atoms with Gasteiger partial charge in [0.25, 0.3) is 5.91 Å². The van der Waals surface area contributed by atoms with Crippen LogP contribution in [-0.2, 0) is 17.9 Å². The van der Waals surface area contributed by atoms with Gasteiger partial charge in [-0.05, 0) is 38.3 Å². The van der Waals surface area contributed by atoms with E-state index in [1.54, 1.807) is 7.11 Å². The Kier molecular flexibility index (Phi) is 34.6. The van der Waals surface area contributed by atoms with Crippen molar-refractivity contribution in [2.45, 2.75) is 226 Å². The molecule has 322 valence electrons. The lowest BCUT2D eigenvalue weighted by Gasteiger charge is -2.20. The number of hydrogen-bond donors (Lipinski definition) is 1. The minimum absolute atomic E-state index is 0. The molecule has 0 aliphatic carbocycles. The molecule has 2 rings (SSSR count). The van der Waals surface area contributed by atoms with Crippen molar-refractivity contribution in [3.63, 3.8) is 0 Å². The molecule has 1 amide bonds. The van der Waals surface area contributed by atoms with Gasteiger partial charge >= 0.3 is 0 Å². The number of hydrogen-bond acceptors (Lipinski definition) is 4. The van der Waals surface area contributed by atoms with Crippen LogP contribution in [0, 0.1) is 0 Å². The third-order valence-corrected chi connectivity index (χ3v) is 11.1. The van der Waals surface area contributed by atoms with Crippen LogP contribution in [-0.4, -0.2) is 25.7 Å². The smallest absolute Gasteiger partial charge is 0.261 e. The maximum Gasteiger partial charge on any atom is 0.261 e. The van der Waals surface area contributed by atoms with Crippen LogP contribution < -0.4 is 48.1 Å². The Balaban J connectivity index is 0.0000157. The van der Waals surface area contributed by atoms with Crippen molar-refractivity contribution in [2.24, 2.45) is 0 Å². The van der Waals surface area contributed by atoms with Crippen LogP contribution >= 0.6 is 0 Å². The zero-order valence-corrected chi connectivity index (χ0v) is 38.9. The maximum absolute atomic E-state index is 13.6. The molecule has 1 N–H and O–H groups in total. The van der Waals surface area contributed by atoms with Crippen LogP contribution in [0.2, 0.25) is 0 Å². The van der Waals surface area contributed by atoms with Gasteiger partial charge < -0.3 is 43.5 Å². The lowest BCUT2D eigenvalue weighted by molar-refractivity contribution is -0.701. The molecule has 1 atom stereocenters. The number of halogens is 1. The SMILES string of the molecule is CCCCCCCCCCCCCCCCOc1ccc(OC(CCCCCCCCCCCCCCCC)C(=O)NCc2cccc[n+]2CC)cc1OC.[I-]. The normalized spacial score (nSPS) is 11.6. The number of aromatic nitrogens is 1. The van der Waals surface area contributed by atoms with Crippen molar-refractivity contribution in [1.29, 1.82) is 0 Å². The van der Waals surface area contributed by atoms with Crippen molar-refractivity contribution in [2.75, 3.05) is 13.7 Å². The molecule has 56 heavy (non-hydrogen) atoms. The summed E-state index contributed by atoms with van der Waals surface area (Å²) in [4.78, 5) is 13.6. The quantitative estimate of drug-likeness (QED) is 0.0415. The highest BCUT2D eigenvalue weighted by Crippen LogP contribution is 2.32. The summed E-state index contributed by atoms with van der Waals surface area (Å²) < 4.78 is 20.4. The fourth-order valence-electron chi connectivity index (χ4n) is 7.52. The first-order chi connectivity index (χ1) is 27.1. The Morgan fingerprint density at radius 3 is 1.57 bits per heavy atom. The standard InChI is InChI=1S/C49H84N2O4.HI/c1-5-8-10-12-14-16-18-20-22-24-26-28-30-32-37-47(49(52)50-43-44-36-33-34-40-51(44)7-3)55-45-38-39-46(48(42-45)53-4)54-41-35-31-29-27-25-23-21-19-17-15-13-11-9-6-2;/h33-34,36,38-40,42,47H,5-32,35,37,41,43H2,1-4H3;1H. The van der Waals surface area contributed by atoms with Crippen molar-refractivity contribution in [3.8, 4) is 17.2 Å². The molecular formula is C49H85IN2O4. The van der Waals surface area contributed by atoms with Gasteiger partial charge in [-0.1, -0.05) is 187 Å². The predicted molar refractivity (Wildman–Crippen MR) is 232 cm³/mol. The van der Waals surface area contributed by atoms with E-state index < -0.39 is 6.10 Å². The summed E-state index contributed by atoms with van der Waals surface area (Å²) in [5.41, 5.74) is 1.08. The molecule has 1 heterocycles. The summed E-state index contributed by atoms with van der Waals surface area (Å²) in [7, 11) is 1.67. The molecule has 0 aliphatic rings. The highest BCUT2D eigenvalue weighted by molar-refractivity contribution is 5.81. The fraction of sp³-hybridized carbons (Fsp3) is 0.755. The lowest BCUT2D eigenvalue weighted by Crippen LogP contribution is -3.00. The minimum atomic E-state index is -0.567. The molecule has 6 nitrogen and oxygen atoms in total. The van der Waals surface area contributed by atoms with Crippen LogP contribution in [0.4, 0.5) is 0 Å². The summed E-state index contributed by atoms with van der Waals surface area (Å²) >= 11 is 0. The van der Waals surface area contributed by atoms with Crippen LogP contribution in [0.25, 0.3) is 0 Å². The number of ether oxygens (including phenoxy) is 3. The number of amides is 1. The van der Waals surface area contributed by atoms with Crippen molar-refractivity contribution < 1.29 is 47.5 Å². The first-order valence-corrected chi connectivity index (χ1v) is 23.3. The number of nitrogens with one attached hydrogen (secondary N) is 1. The number of benzene rings is 1. The number of pyridine rings is 1. The highest BCUT2D eigenvalue weighted by Gasteiger charge is 2.22. The van der Waals surface area contributed by atoms with Crippen LogP contribution in [0.5, 0.6) is 17.2 Å². The second-order valence-corrected chi connectivity index (χ2v) is 15.9. The minimum Gasteiger partial charge on any atom is -1.00 e. The molecule has 0 spiro atoms. The van der Waals surface area contributed by atoms with Gasteiger partial charge in [0.2, 0.25) is 5.69 Å². The van der Waals surface area contributed by atoms with Gasteiger partial charge in [-0.15, -0.1) is 0 Å². The first kappa shape index (κ1) is 52.0. The van der Waals surface area contributed by atoms with Gasteiger partial charge in [0.15, 0.2) is 23.8 Å². The third kappa shape index (κ3) is 26.1. The summed E-state index contributed by atoms with van der Waals surface area (Å²) in [6.07, 6.45) is 39.3. The average Bonchev–Trinajstić information content (AvgIpc) is 3.21. The molecular weight excluding hydrogens is 807 g/mol. The third-order valence-electron chi connectivity index (χ3n) is 11.1. The van der Waals surface area contributed by atoms with Crippen molar-refractivity contribution >= 4 is 5.91 Å². The van der Waals surface area contributed by atoms with E-state index in [0.717, 1.165) is 37.3 Å². The van der Waals surface area contributed by atoms with Gasteiger partial charge in [-0.2, -0.15) is 0 Å². The van der Waals surface area contributed by atoms with Gasteiger partial charge in [-0.25, -0.2) is 4.57 Å². The number of rotatable bonds is 38. The highest BCUT2D eigenvalue weighted by atomic mass is 127. The Morgan fingerprint density at radius 1 is 0.607 bits per heavy atom. The first-order valence-electron chi connectivity index (χ1n) is 23.3. The molecule has 1 unspecified atom stereocenters. The van der Waals surface area contributed by atoms with Crippen LogP contribution in [0.15, 0.2) is 42.6 Å². The molecule has 1 aromatic carbocycles. The Labute approximate surface area is 362 Å². The predicted octanol–water partition coefficient (Wildman–Crippen LogP) is 10.8. The van der Waals surface area contributed by atoms with Crippen LogP contribution in [0.1, 0.15) is 213 Å². The van der Waals surface area contributed by atoms with Crippen molar-refractivity contribution in [3.05, 3.63) is 48.3 Å². The number of unbranched alkanes of at least 4 members (excludes halogenated alkanes) is 26. The number of carbonyl (C=O) groups excluding carboxylic acids is 1. The Hall–Kier alpha value is -2.03. The average molecular weight is 893 g/mol. The lowest BCUT2D eigenvalue weighted by atomic mass is 10.0. The summed E-state index contributed by atoms with van der Waals surface area (Å²) in [5, 5.41) is 3.16. The molecule has 7 heteroatoms. The van der Waals surface area contributed by atoms with E-state index in [1.807, 2.05) is 30.3 Å². The van der Waals surface area contributed by atoms with Crippen LogP contribution in [0.3, 0.4) is 0 Å². The van der Waals surface area contributed by atoms with E-state index in [4.69, 9.17) is 14.2 Å². The second kappa shape index (κ2) is 37.3. The Bertz CT molecular complexity index is 1190. The second-order valence-electron chi connectivity index (χ2n) is 15.9. The zero-order chi connectivity index (χ0) is 39.4. The van der Waals surface area contributed by atoms with E-state index in [-0.39, 0.29) is 29.9 Å².